The number of H-pyrrole nitrogens is 1. The highest BCUT2D eigenvalue weighted by Gasteiger charge is 2.05. The first-order valence-corrected chi connectivity index (χ1v) is 6.95. The molecule has 0 aliphatic carbocycles. The Kier molecular flexibility index (Phi) is 3.01. The number of aromatic nitrogens is 4. The van der Waals surface area contributed by atoms with Gasteiger partial charge in [-0.3, -0.25) is 9.97 Å². The molecule has 0 spiro atoms. The molecule has 5 nitrogen and oxygen atoms in total. The fourth-order valence-corrected chi connectivity index (χ4v) is 2.35. The Balaban J connectivity index is 1.69. The lowest BCUT2D eigenvalue weighted by Gasteiger charge is -2.04. The quantitative estimate of drug-likeness (QED) is 0.602. The molecular weight excluding hydrogens is 274 g/mol. The SMILES string of the molecule is c1cncc(-c2cc3cnc(Nc4ccncc4)cc3[nH]2)c1. The molecule has 2 N–H and O–H groups in total. The lowest BCUT2D eigenvalue weighted by Crippen LogP contribution is -1.92. The predicted molar refractivity (Wildman–Crippen MR) is 86.8 cm³/mol. The summed E-state index contributed by atoms with van der Waals surface area (Å²) in [4.78, 5) is 16.0. The van der Waals surface area contributed by atoms with Crippen LogP contribution in [0.3, 0.4) is 0 Å². The summed E-state index contributed by atoms with van der Waals surface area (Å²) in [5, 5.41) is 4.33. The Bertz CT molecular complexity index is 900. The van der Waals surface area contributed by atoms with E-state index in [9.17, 15) is 0 Å². The molecule has 5 heteroatoms. The van der Waals surface area contributed by atoms with Crippen LogP contribution in [-0.4, -0.2) is 19.9 Å². The van der Waals surface area contributed by atoms with Crippen LogP contribution in [0.5, 0.6) is 0 Å². The van der Waals surface area contributed by atoms with Crippen molar-refractivity contribution in [1.29, 1.82) is 0 Å². The number of nitrogens with one attached hydrogen (secondary N) is 2. The lowest BCUT2D eigenvalue weighted by atomic mass is 10.2. The maximum atomic E-state index is 4.44. The van der Waals surface area contributed by atoms with E-state index in [2.05, 4.69) is 31.3 Å². The summed E-state index contributed by atoms with van der Waals surface area (Å²) < 4.78 is 0. The topological polar surface area (TPSA) is 66.5 Å². The zero-order valence-electron chi connectivity index (χ0n) is 11.7. The van der Waals surface area contributed by atoms with Gasteiger partial charge in [-0.25, -0.2) is 4.98 Å². The molecule has 0 saturated heterocycles. The molecule has 0 atom stereocenters. The van der Waals surface area contributed by atoms with Gasteiger partial charge in [0.1, 0.15) is 5.82 Å². The van der Waals surface area contributed by atoms with Crippen LogP contribution in [0.2, 0.25) is 0 Å². The summed E-state index contributed by atoms with van der Waals surface area (Å²) in [6.07, 6.45) is 8.96. The van der Waals surface area contributed by atoms with E-state index in [4.69, 9.17) is 0 Å². The maximum absolute atomic E-state index is 4.44. The van der Waals surface area contributed by atoms with Gasteiger partial charge in [0, 0.05) is 59.4 Å². The van der Waals surface area contributed by atoms with Crippen molar-refractivity contribution in [2.45, 2.75) is 0 Å². The van der Waals surface area contributed by atoms with Crippen molar-refractivity contribution in [3.63, 3.8) is 0 Å². The third-order valence-corrected chi connectivity index (χ3v) is 3.43. The van der Waals surface area contributed by atoms with Crippen LogP contribution in [0, 0.1) is 0 Å². The first kappa shape index (κ1) is 12.5. The number of nitrogens with zero attached hydrogens (tertiary/aromatic N) is 3. The predicted octanol–water partition coefficient (Wildman–Crippen LogP) is 3.76. The van der Waals surface area contributed by atoms with Crippen LogP contribution >= 0.6 is 0 Å². The van der Waals surface area contributed by atoms with Crippen molar-refractivity contribution in [3.8, 4) is 11.3 Å². The summed E-state index contributed by atoms with van der Waals surface area (Å²) in [6.45, 7) is 0. The zero-order chi connectivity index (χ0) is 14.8. The summed E-state index contributed by atoms with van der Waals surface area (Å²) in [5.74, 6) is 0.790. The van der Waals surface area contributed by atoms with Gasteiger partial charge < -0.3 is 10.3 Å². The second-order valence-corrected chi connectivity index (χ2v) is 4.94. The highest BCUT2D eigenvalue weighted by atomic mass is 15.0. The van der Waals surface area contributed by atoms with Gasteiger partial charge in [0.15, 0.2) is 0 Å². The largest absolute Gasteiger partial charge is 0.354 e. The molecule has 0 aliphatic rings. The lowest BCUT2D eigenvalue weighted by molar-refractivity contribution is 1.29. The van der Waals surface area contributed by atoms with Gasteiger partial charge in [0.25, 0.3) is 0 Å². The monoisotopic (exact) mass is 287 g/mol. The fourth-order valence-electron chi connectivity index (χ4n) is 2.35. The molecule has 22 heavy (non-hydrogen) atoms. The van der Waals surface area contributed by atoms with Gasteiger partial charge in [-0.1, -0.05) is 0 Å². The van der Waals surface area contributed by atoms with Crippen LogP contribution in [0.1, 0.15) is 0 Å². The van der Waals surface area contributed by atoms with Gasteiger partial charge >= 0.3 is 0 Å². The molecule has 4 heterocycles. The van der Waals surface area contributed by atoms with Crippen LogP contribution in [0.25, 0.3) is 22.2 Å². The molecule has 4 aromatic rings. The van der Waals surface area contributed by atoms with Crippen molar-refractivity contribution >= 4 is 22.4 Å². The number of hydrogen-bond acceptors (Lipinski definition) is 4. The van der Waals surface area contributed by atoms with E-state index in [0.717, 1.165) is 33.7 Å². The molecule has 4 rings (SSSR count). The minimum absolute atomic E-state index is 0.790. The van der Waals surface area contributed by atoms with Gasteiger partial charge in [-0.15, -0.1) is 0 Å². The van der Waals surface area contributed by atoms with Gasteiger partial charge in [-0.2, -0.15) is 0 Å². The Morgan fingerprint density at radius 1 is 0.909 bits per heavy atom. The summed E-state index contributed by atoms with van der Waals surface area (Å²) in [5.41, 5.74) is 4.08. The molecule has 0 aromatic carbocycles. The van der Waals surface area contributed by atoms with E-state index in [1.54, 1.807) is 18.6 Å². The van der Waals surface area contributed by atoms with Crippen LogP contribution in [-0.2, 0) is 0 Å². The van der Waals surface area contributed by atoms with Gasteiger partial charge in [0.2, 0.25) is 0 Å². The molecular formula is C17H13N5. The van der Waals surface area contributed by atoms with Crippen LogP contribution < -0.4 is 5.32 Å². The maximum Gasteiger partial charge on any atom is 0.132 e. The van der Waals surface area contributed by atoms with Crippen molar-refractivity contribution in [2.24, 2.45) is 0 Å². The molecule has 0 unspecified atom stereocenters. The Morgan fingerprint density at radius 2 is 1.82 bits per heavy atom. The van der Waals surface area contributed by atoms with E-state index < -0.39 is 0 Å². The molecule has 0 amide bonds. The first-order chi connectivity index (χ1) is 10.9. The Labute approximate surface area is 127 Å². The molecule has 0 fully saturated rings. The molecule has 106 valence electrons. The van der Waals surface area contributed by atoms with Gasteiger partial charge in [-0.05, 0) is 30.3 Å². The number of hydrogen-bond donors (Lipinski definition) is 2. The normalized spacial score (nSPS) is 10.7. The third kappa shape index (κ3) is 2.40. The van der Waals surface area contributed by atoms with E-state index in [0.29, 0.717) is 0 Å². The molecule has 0 aliphatic heterocycles. The number of aromatic amines is 1. The van der Waals surface area contributed by atoms with Gasteiger partial charge in [0.05, 0.1) is 5.52 Å². The van der Waals surface area contributed by atoms with E-state index in [-0.39, 0.29) is 0 Å². The summed E-state index contributed by atoms with van der Waals surface area (Å²) >= 11 is 0. The molecule has 4 aromatic heterocycles. The fraction of sp³-hybridized carbons (Fsp3) is 0. The van der Waals surface area contributed by atoms with Crippen molar-refractivity contribution < 1.29 is 0 Å². The minimum atomic E-state index is 0.790. The highest BCUT2D eigenvalue weighted by molar-refractivity contribution is 5.87. The van der Waals surface area contributed by atoms with E-state index >= 15 is 0 Å². The average Bonchev–Trinajstić information content (AvgIpc) is 3.00. The molecule has 0 radical (unpaired) electrons. The number of fused-ring (bicyclic) bond motifs is 1. The second-order valence-electron chi connectivity index (χ2n) is 4.94. The third-order valence-electron chi connectivity index (χ3n) is 3.43. The summed E-state index contributed by atoms with van der Waals surface area (Å²) in [7, 11) is 0. The number of anilines is 2. The van der Waals surface area contributed by atoms with E-state index in [1.807, 2.05) is 42.7 Å². The van der Waals surface area contributed by atoms with Crippen LogP contribution in [0.4, 0.5) is 11.5 Å². The average molecular weight is 287 g/mol. The zero-order valence-corrected chi connectivity index (χ0v) is 11.7. The van der Waals surface area contributed by atoms with Crippen molar-refractivity contribution in [2.75, 3.05) is 5.32 Å². The minimum Gasteiger partial charge on any atom is -0.354 e. The number of pyridine rings is 3. The van der Waals surface area contributed by atoms with Crippen molar-refractivity contribution in [1.82, 2.24) is 19.9 Å². The highest BCUT2D eigenvalue weighted by Crippen LogP contribution is 2.25. The van der Waals surface area contributed by atoms with E-state index in [1.165, 1.54) is 0 Å². The molecule has 0 saturated carbocycles. The Hall–Kier alpha value is -3.21. The molecule has 0 bridgehead atoms. The van der Waals surface area contributed by atoms with Crippen molar-refractivity contribution in [3.05, 3.63) is 67.4 Å². The smallest absolute Gasteiger partial charge is 0.132 e. The van der Waals surface area contributed by atoms with Crippen LogP contribution in [0.15, 0.2) is 67.4 Å². The number of rotatable bonds is 3. The summed E-state index contributed by atoms with van der Waals surface area (Å²) in [6, 6.07) is 11.8. The Morgan fingerprint density at radius 3 is 2.64 bits per heavy atom. The second kappa shape index (κ2) is 5.29. The first-order valence-electron chi connectivity index (χ1n) is 6.95. The standard InChI is InChI=1S/C17H13N5/c1-2-12(10-19-5-1)15-8-13-11-20-17(9-16(13)22-15)21-14-3-6-18-7-4-14/h1-11,22H,(H,18,20,21).